The molecule has 5 heteroatoms. The Morgan fingerprint density at radius 3 is 2.40 bits per heavy atom. The van der Waals surface area contributed by atoms with E-state index in [0.717, 1.165) is 0 Å². The summed E-state index contributed by atoms with van der Waals surface area (Å²) in [5.41, 5.74) is -0.687. The van der Waals surface area contributed by atoms with E-state index >= 15 is 0 Å². The third-order valence-electron chi connectivity index (χ3n) is 3.29. The average molecular weight is 211 g/mol. The van der Waals surface area contributed by atoms with Crippen LogP contribution in [-0.2, 0) is 9.59 Å². The van der Waals surface area contributed by atoms with E-state index in [1.54, 1.807) is 6.92 Å². The first-order valence-corrected chi connectivity index (χ1v) is 5.06. The molecule has 0 saturated heterocycles. The number of carbonyl (C=O) groups is 2. The van der Waals surface area contributed by atoms with Crippen molar-refractivity contribution in [3.63, 3.8) is 0 Å². The highest BCUT2D eigenvalue weighted by Crippen LogP contribution is 2.39. The number of carboxylic acid groups (broad SMARTS) is 1. The fourth-order valence-corrected chi connectivity index (χ4v) is 1.99. The molecule has 1 fully saturated rings. The zero-order valence-corrected chi connectivity index (χ0v) is 8.77. The fourth-order valence-electron chi connectivity index (χ4n) is 1.99. The van der Waals surface area contributed by atoms with Crippen molar-refractivity contribution < 1.29 is 14.7 Å². The smallest absolute Gasteiger partial charge is 0.362 e. The Balaban J connectivity index is 2.53. The van der Waals surface area contributed by atoms with Crippen LogP contribution in [0.3, 0.4) is 0 Å². The molecule has 1 aliphatic rings. The highest BCUT2D eigenvalue weighted by Gasteiger charge is 2.40. The van der Waals surface area contributed by atoms with Gasteiger partial charge in [-0.25, -0.2) is 0 Å². The molecule has 1 rings (SSSR count). The SMILES string of the molecule is CC1(C(=O)O)CCC(C(=O)C[N+]#N)CC1. The molecule has 0 spiro atoms. The van der Waals surface area contributed by atoms with Crippen molar-refractivity contribution in [1.29, 1.82) is 5.39 Å². The van der Waals surface area contributed by atoms with Crippen LogP contribution in [0.5, 0.6) is 0 Å². The maximum atomic E-state index is 11.4. The molecule has 0 heterocycles. The molecule has 0 atom stereocenters. The van der Waals surface area contributed by atoms with Gasteiger partial charge in [-0.1, -0.05) is 0 Å². The second-order valence-electron chi connectivity index (χ2n) is 4.41. The molecule has 1 saturated carbocycles. The summed E-state index contributed by atoms with van der Waals surface area (Å²) >= 11 is 0. The van der Waals surface area contributed by atoms with Gasteiger partial charge in [0.1, 0.15) is 4.98 Å². The molecular formula is C10H15N2O3+. The zero-order chi connectivity index (χ0) is 11.5. The minimum absolute atomic E-state index is 0.0926. The summed E-state index contributed by atoms with van der Waals surface area (Å²) < 4.78 is 0. The number of nitrogens with zero attached hydrogens (tertiary/aromatic N) is 2. The highest BCUT2D eigenvalue weighted by atomic mass is 16.4. The van der Waals surface area contributed by atoms with Gasteiger partial charge in [0.25, 0.3) is 0 Å². The van der Waals surface area contributed by atoms with Crippen molar-refractivity contribution >= 4 is 11.8 Å². The molecule has 0 unspecified atom stereocenters. The maximum Gasteiger partial charge on any atom is 0.362 e. The van der Waals surface area contributed by atoms with Crippen LogP contribution in [0.2, 0.25) is 0 Å². The standard InChI is InChI=1S/C10H14N2O3/c1-10(9(14)15)4-2-7(3-5-10)8(13)6-12-11/h7H,2-6H2,1H3/p+1. The first-order chi connectivity index (χ1) is 6.99. The van der Waals surface area contributed by atoms with Gasteiger partial charge in [0.2, 0.25) is 11.2 Å². The Kier molecular flexibility index (Phi) is 3.40. The van der Waals surface area contributed by atoms with Crippen LogP contribution in [0.4, 0.5) is 0 Å². The van der Waals surface area contributed by atoms with E-state index in [1.165, 1.54) is 0 Å². The van der Waals surface area contributed by atoms with E-state index in [4.69, 9.17) is 10.5 Å². The summed E-state index contributed by atoms with van der Waals surface area (Å²) in [6.07, 6.45) is 2.20. The Hall–Kier alpha value is -1.44. The topological polar surface area (TPSA) is 82.5 Å². The normalized spacial score (nSPS) is 30.5. The van der Waals surface area contributed by atoms with E-state index in [9.17, 15) is 9.59 Å². The minimum Gasteiger partial charge on any atom is -0.481 e. The second-order valence-corrected chi connectivity index (χ2v) is 4.41. The Labute approximate surface area is 88.1 Å². The molecule has 1 N–H and O–H groups in total. The molecule has 0 bridgehead atoms. The van der Waals surface area contributed by atoms with Crippen LogP contribution in [0.25, 0.3) is 4.98 Å². The van der Waals surface area contributed by atoms with Crippen molar-refractivity contribution in [1.82, 2.24) is 0 Å². The number of ketones is 1. The predicted molar refractivity (Wildman–Crippen MR) is 52.7 cm³/mol. The third-order valence-corrected chi connectivity index (χ3v) is 3.29. The number of carboxylic acids is 1. The molecule has 0 aromatic rings. The number of carbonyl (C=O) groups excluding carboxylic acids is 1. The van der Waals surface area contributed by atoms with Crippen LogP contribution >= 0.6 is 0 Å². The van der Waals surface area contributed by atoms with Gasteiger partial charge < -0.3 is 5.11 Å². The van der Waals surface area contributed by atoms with Gasteiger partial charge in [0.15, 0.2) is 0 Å². The fraction of sp³-hybridized carbons (Fsp3) is 0.800. The summed E-state index contributed by atoms with van der Waals surface area (Å²) in [6, 6.07) is 0. The number of Topliss-reactive ketones (excluding diaryl/α,β-unsaturated/α-hetero) is 1. The van der Waals surface area contributed by atoms with Gasteiger partial charge in [-0.15, -0.1) is 0 Å². The van der Waals surface area contributed by atoms with E-state index < -0.39 is 11.4 Å². The number of hydrogen-bond acceptors (Lipinski definition) is 3. The Morgan fingerprint density at radius 2 is 2.00 bits per heavy atom. The molecular weight excluding hydrogens is 196 g/mol. The first kappa shape index (κ1) is 11.6. The molecule has 15 heavy (non-hydrogen) atoms. The van der Waals surface area contributed by atoms with Crippen molar-refractivity contribution in [2.24, 2.45) is 11.3 Å². The first-order valence-electron chi connectivity index (χ1n) is 5.06. The van der Waals surface area contributed by atoms with Gasteiger partial charge in [-0.05, 0) is 32.6 Å². The molecule has 82 valence electrons. The minimum atomic E-state index is -0.791. The molecule has 1 aliphatic carbocycles. The summed E-state index contributed by atoms with van der Waals surface area (Å²) in [7, 11) is 0. The lowest BCUT2D eigenvalue weighted by molar-refractivity contribution is -0.151. The molecule has 5 nitrogen and oxygen atoms in total. The highest BCUT2D eigenvalue weighted by molar-refractivity contribution is 5.84. The molecule has 0 aromatic carbocycles. The molecule has 0 amide bonds. The largest absolute Gasteiger partial charge is 0.481 e. The van der Waals surface area contributed by atoms with Crippen LogP contribution < -0.4 is 0 Å². The summed E-state index contributed by atoms with van der Waals surface area (Å²) in [4.78, 5) is 25.1. The summed E-state index contributed by atoms with van der Waals surface area (Å²) in [5.74, 6) is -1.02. The average Bonchev–Trinajstić information content (AvgIpc) is 2.19. The van der Waals surface area contributed by atoms with Gasteiger partial charge in [-0.2, -0.15) is 0 Å². The van der Waals surface area contributed by atoms with E-state index in [2.05, 4.69) is 4.98 Å². The third kappa shape index (κ3) is 2.52. The van der Waals surface area contributed by atoms with Crippen LogP contribution in [0, 0.1) is 16.7 Å². The van der Waals surface area contributed by atoms with Crippen molar-refractivity contribution in [2.45, 2.75) is 32.6 Å². The van der Waals surface area contributed by atoms with Crippen molar-refractivity contribution in [3.05, 3.63) is 4.98 Å². The number of rotatable bonds is 3. The van der Waals surface area contributed by atoms with Crippen LogP contribution in [0.1, 0.15) is 32.6 Å². The van der Waals surface area contributed by atoms with Crippen LogP contribution in [-0.4, -0.2) is 23.4 Å². The number of aliphatic carboxylic acids is 1. The van der Waals surface area contributed by atoms with Gasteiger partial charge in [0.05, 0.1) is 5.41 Å². The van der Waals surface area contributed by atoms with Gasteiger partial charge in [0, 0.05) is 5.92 Å². The Morgan fingerprint density at radius 1 is 1.47 bits per heavy atom. The predicted octanol–water partition coefficient (Wildman–Crippen LogP) is 1.69. The maximum absolute atomic E-state index is 11.4. The zero-order valence-electron chi connectivity index (χ0n) is 8.77. The quantitative estimate of drug-likeness (QED) is 0.720. The monoisotopic (exact) mass is 211 g/mol. The van der Waals surface area contributed by atoms with E-state index in [1.807, 2.05) is 0 Å². The van der Waals surface area contributed by atoms with Crippen molar-refractivity contribution in [2.75, 3.05) is 6.54 Å². The summed E-state index contributed by atoms with van der Waals surface area (Å²) in [6.45, 7) is 1.54. The molecule has 0 radical (unpaired) electrons. The molecule has 0 aromatic heterocycles. The van der Waals surface area contributed by atoms with Gasteiger partial charge in [-0.3, -0.25) is 9.59 Å². The second kappa shape index (κ2) is 4.39. The lowest BCUT2D eigenvalue weighted by Crippen LogP contribution is -2.34. The van der Waals surface area contributed by atoms with Crippen LogP contribution in [0.15, 0.2) is 0 Å². The van der Waals surface area contributed by atoms with Gasteiger partial charge >= 0.3 is 12.5 Å². The van der Waals surface area contributed by atoms with Crippen molar-refractivity contribution in [3.8, 4) is 0 Å². The number of hydrogen-bond donors (Lipinski definition) is 1. The van der Waals surface area contributed by atoms with E-state index in [0.29, 0.717) is 25.7 Å². The summed E-state index contributed by atoms with van der Waals surface area (Å²) in [5, 5.41) is 17.3. The number of diazo groups is 1. The molecule has 0 aliphatic heterocycles. The lowest BCUT2D eigenvalue weighted by Gasteiger charge is -2.32. The van der Waals surface area contributed by atoms with E-state index in [-0.39, 0.29) is 18.2 Å². The Bertz CT molecular complexity index is 311. The lowest BCUT2D eigenvalue weighted by atomic mass is 9.71.